The summed E-state index contributed by atoms with van der Waals surface area (Å²) in [6, 6.07) is 18.4. The summed E-state index contributed by atoms with van der Waals surface area (Å²) in [6.07, 6.45) is 3.79. The number of nitrogens with zero attached hydrogens (tertiary/aromatic N) is 1. The van der Waals surface area contributed by atoms with Crippen LogP contribution in [0.1, 0.15) is 43.2 Å². The van der Waals surface area contributed by atoms with Crippen molar-refractivity contribution in [3.63, 3.8) is 0 Å². The van der Waals surface area contributed by atoms with Crippen molar-refractivity contribution in [1.29, 1.82) is 0 Å². The number of benzene rings is 2. The second-order valence-corrected chi connectivity index (χ2v) is 7.86. The number of esters is 1. The number of ether oxygens (including phenoxy) is 1. The lowest BCUT2D eigenvalue weighted by atomic mass is 9.87. The van der Waals surface area contributed by atoms with Gasteiger partial charge >= 0.3 is 5.97 Å². The first-order valence-electron chi connectivity index (χ1n) is 10.7. The quantitative estimate of drug-likeness (QED) is 0.616. The van der Waals surface area contributed by atoms with Gasteiger partial charge in [-0.15, -0.1) is 0 Å². The first-order valence-corrected chi connectivity index (χ1v) is 10.7. The number of carbonyl (C=O) groups is 2. The molecule has 1 N–H and O–H groups in total. The monoisotopic (exact) mass is 404 g/mol. The van der Waals surface area contributed by atoms with E-state index < -0.39 is 0 Å². The summed E-state index contributed by atoms with van der Waals surface area (Å²) in [5, 5.41) is 1.15. The molecule has 0 saturated carbocycles. The van der Waals surface area contributed by atoms with Gasteiger partial charge in [-0.25, -0.2) is 0 Å². The molecule has 0 aliphatic carbocycles. The lowest BCUT2D eigenvalue weighted by Crippen LogP contribution is -2.41. The number of H-pyrrole nitrogens is 1. The third kappa shape index (κ3) is 4.25. The Morgan fingerprint density at radius 2 is 1.77 bits per heavy atom. The molecule has 0 spiro atoms. The number of nitrogens with one attached hydrogen (secondary N) is 1. The van der Waals surface area contributed by atoms with Crippen LogP contribution in [0.4, 0.5) is 0 Å². The molecule has 156 valence electrons. The number of likely N-dealkylation sites (tertiary alicyclic amines) is 1. The molecule has 1 saturated heterocycles. The Morgan fingerprint density at radius 1 is 1.07 bits per heavy atom. The zero-order valence-corrected chi connectivity index (χ0v) is 17.3. The highest BCUT2D eigenvalue weighted by atomic mass is 16.5. The number of aromatic nitrogens is 1. The second kappa shape index (κ2) is 9.16. The van der Waals surface area contributed by atoms with Crippen molar-refractivity contribution >= 4 is 22.8 Å². The minimum atomic E-state index is -0.134. The summed E-state index contributed by atoms with van der Waals surface area (Å²) in [5.74, 6) is -0.104. The Morgan fingerprint density at radius 3 is 2.50 bits per heavy atom. The highest BCUT2D eigenvalue weighted by Crippen LogP contribution is 2.34. The Bertz CT molecular complexity index is 1000. The van der Waals surface area contributed by atoms with E-state index in [1.807, 2.05) is 48.4 Å². The Labute approximate surface area is 177 Å². The Kier molecular flexibility index (Phi) is 6.17. The van der Waals surface area contributed by atoms with E-state index in [0.29, 0.717) is 39.0 Å². The largest absolute Gasteiger partial charge is 0.466 e. The normalized spacial score (nSPS) is 15.8. The van der Waals surface area contributed by atoms with Gasteiger partial charge in [0, 0.05) is 42.5 Å². The van der Waals surface area contributed by atoms with Gasteiger partial charge in [-0.3, -0.25) is 9.59 Å². The van der Waals surface area contributed by atoms with Gasteiger partial charge in [0.2, 0.25) is 5.91 Å². The molecule has 30 heavy (non-hydrogen) atoms. The SMILES string of the molecule is CCOC(=O)C1CCN(C(=O)CC(c2ccccc2)c2c[nH]c3ccccc23)CC1. The van der Waals surface area contributed by atoms with Crippen LogP contribution in [0.5, 0.6) is 0 Å². The molecule has 1 unspecified atom stereocenters. The van der Waals surface area contributed by atoms with E-state index in [9.17, 15) is 9.59 Å². The van der Waals surface area contributed by atoms with Crippen LogP contribution in [0.2, 0.25) is 0 Å². The first-order chi connectivity index (χ1) is 14.7. The first kappa shape index (κ1) is 20.2. The Balaban J connectivity index is 1.52. The van der Waals surface area contributed by atoms with Gasteiger partial charge in [0.1, 0.15) is 0 Å². The van der Waals surface area contributed by atoms with Crippen molar-refractivity contribution in [1.82, 2.24) is 9.88 Å². The van der Waals surface area contributed by atoms with Crippen LogP contribution in [0.3, 0.4) is 0 Å². The second-order valence-electron chi connectivity index (χ2n) is 7.86. The van der Waals surface area contributed by atoms with Gasteiger partial charge in [0.25, 0.3) is 0 Å². The maximum absolute atomic E-state index is 13.2. The van der Waals surface area contributed by atoms with Gasteiger partial charge in [-0.1, -0.05) is 48.5 Å². The number of hydrogen-bond acceptors (Lipinski definition) is 3. The predicted molar refractivity (Wildman–Crippen MR) is 117 cm³/mol. The number of carbonyl (C=O) groups excluding carboxylic acids is 2. The minimum Gasteiger partial charge on any atom is -0.466 e. The van der Waals surface area contributed by atoms with E-state index in [-0.39, 0.29) is 23.7 Å². The molecule has 1 fully saturated rings. The van der Waals surface area contributed by atoms with Crippen LogP contribution in [-0.2, 0) is 14.3 Å². The summed E-state index contributed by atoms with van der Waals surface area (Å²) >= 11 is 0. The molecule has 2 aromatic carbocycles. The molecule has 1 aromatic heterocycles. The van der Waals surface area contributed by atoms with Crippen molar-refractivity contribution in [3.05, 3.63) is 71.9 Å². The number of rotatable bonds is 6. The highest BCUT2D eigenvalue weighted by Gasteiger charge is 2.30. The molecule has 0 bridgehead atoms. The average Bonchev–Trinajstić information content (AvgIpc) is 3.22. The smallest absolute Gasteiger partial charge is 0.309 e. The maximum atomic E-state index is 13.2. The molecule has 2 heterocycles. The maximum Gasteiger partial charge on any atom is 0.309 e. The summed E-state index contributed by atoms with van der Waals surface area (Å²) in [4.78, 5) is 30.5. The molecule has 5 nitrogen and oxygen atoms in total. The van der Waals surface area contributed by atoms with Crippen LogP contribution >= 0.6 is 0 Å². The standard InChI is InChI=1S/C25H28N2O3/c1-2-30-25(29)19-12-14-27(15-13-19)24(28)16-21(18-8-4-3-5-9-18)22-17-26-23-11-7-6-10-20(22)23/h3-11,17,19,21,26H,2,12-16H2,1H3. The van der Waals surface area contributed by atoms with E-state index in [0.717, 1.165) is 22.0 Å². The van der Waals surface area contributed by atoms with Gasteiger partial charge in [0.05, 0.1) is 12.5 Å². The van der Waals surface area contributed by atoms with Crippen LogP contribution in [0.25, 0.3) is 10.9 Å². The summed E-state index contributed by atoms with van der Waals surface area (Å²) in [7, 11) is 0. The van der Waals surface area contributed by atoms with Crippen molar-refractivity contribution in [2.45, 2.75) is 32.1 Å². The molecule has 1 aliphatic rings. The number of piperidine rings is 1. The Hall–Kier alpha value is -3.08. The van der Waals surface area contributed by atoms with E-state index in [2.05, 4.69) is 29.2 Å². The lowest BCUT2D eigenvalue weighted by molar-refractivity contribution is -0.151. The zero-order chi connectivity index (χ0) is 20.9. The van der Waals surface area contributed by atoms with Crippen LogP contribution in [0.15, 0.2) is 60.8 Å². The van der Waals surface area contributed by atoms with Crippen LogP contribution in [-0.4, -0.2) is 41.5 Å². The number of aromatic amines is 1. The molecular weight excluding hydrogens is 376 g/mol. The topological polar surface area (TPSA) is 62.4 Å². The number of fused-ring (bicyclic) bond motifs is 1. The molecule has 3 aromatic rings. The van der Waals surface area contributed by atoms with E-state index in [1.54, 1.807) is 0 Å². The van der Waals surface area contributed by atoms with Crippen molar-refractivity contribution in [2.24, 2.45) is 5.92 Å². The molecule has 1 atom stereocenters. The zero-order valence-electron chi connectivity index (χ0n) is 17.3. The molecule has 4 rings (SSSR count). The fraction of sp³-hybridized carbons (Fsp3) is 0.360. The van der Waals surface area contributed by atoms with Gasteiger partial charge in [0.15, 0.2) is 0 Å². The predicted octanol–water partition coefficient (Wildman–Crippen LogP) is 4.49. The molecule has 1 amide bonds. The van der Waals surface area contributed by atoms with Crippen molar-refractivity contribution < 1.29 is 14.3 Å². The summed E-state index contributed by atoms with van der Waals surface area (Å²) in [5.41, 5.74) is 3.36. The average molecular weight is 405 g/mol. The number of hydrogen-bond donors (Lipinski definition) is 1. The molecular formula is C25H28N2O3. The van der Waals surface area contributed by atoms with E-state index in [1.165, 1.54) is 0 Å². The van der Waals surface area contributed by atoms with Gasteiger partial charge in [-0.05, 0) is 37.0 Å². The third-order valence-corrected chi connectivity index (χ3v) is 6.04. The minimum absolute atomic E-state index is 0.0161. The third-order valence-electron chi connectivity index (χ3n) is 6.04. The molecule has 5 heteroatoms. The van der Waals surface area contributed by atoms with Gasteiger partial charge < -0.3 is 14.6 Å². The van der Waals surface area contributed by atoms with Crippen LogP contribution in [0, 0.1) is 5.92 Å². The molecule has 1 aliphatic heterocycles. The highest BCUT2D eigenvalue weighted by molar-refractivity contribution is 5.86. The lowest BCUT2D eigenvalue weighted by Gasteiger charge is -2.32. The molecule has 0 radical (unpaired) electrons. The number of amides is 1. The van der Waals surface area contributed by atoms with Crippen molar-refractivity contribution in [2.75, 3.05) is 19.7 Å². The van der Waals surface area contributed by atoms with E-state index in [4.69, 9.17) is 4.74 Å². The van der Waals surface area contributed by atoms with Crippen molar-refractivity contribution in [3.8, 4) is 0 Å². The van der Waals surface area contributed by atoms with E-state index >= 15 is 0 Å². The van der Waals surface area contributed by atoms with Crippen LogP contribution < -0.4 is 0 Å². The van der Waals surface area contributed by atoms with Gasteiger partial charge in [-0.2, -0.15) is 0 Å². The summed E-state index contributed by atoms with van der Waals surface area (Å²) in [6.45, 7) is 3.45. The fourth-order valence-electron chi connectivity index (χ4n) is 4.40. The fourth-order valence-corrected chi connectivity index (χ4v) is 4.40. The summed E-state index contributed by atoms with van der Waals surface area (Å²) < 4.78 is 5.14. The number of para-hydroxylation sites is 1.